The van der Waals surface area contributed by atoms with Gasteiger partial charge in [-0.05, 0) is 166 Å². The van der Waals surface area contributed by atoms with Gasteiger partial charge in [-0.25, -0.2) is 0 Å². The molecule has 2 aromatic heterocycles. The first kappa shape index (κ1) is 61.9. The van der Waals surface area contributed by atoms with E-state index in [2.05, 4.69) is 350 Å². The molecule has 0 aliphatic carbocycles. The second kappa shape index (κ2) is 20.9. The highest BCUT2D eigenvalue weighted by atomic mass is 16.5. The molecule has 0 bridgehead atoms. The van der Waals surface area contributed by atoms with Crippen LogP contribution < -0.4 is 52.1 Å². The molecule has 0 saturated heterocycles. The average molecular weight is 1280 g/mol. The van der Waals surface area contributed by atoms with Gasteiger partial charge in [0.2, 0.25) is 0 Å². The molecule has 0 spiro atoms. The lowest BCUT2D eigenvalue weighted by molar-refractivity contribution is 0.460. The Hall–Kier alpha value is -9.65. The van der Waals surface area contributed by atoms with Gasteiger partial charge >= 0.3 is 0 Å². The van der Waals surface area contributed by atoms with Crippen molar-refractivity contribution in [3.63, 3.8) is 0 Å². The number of nitrogens with zero attached hydrogens (tertiary/aromatic N) is 4. The maximum absolute atomic E-state index is 7.85. The summed E-state index contributed by atoms with van der Waals surface area (Å²) in [6.07, 6.45) is 0. The van der Waals surface area contributed by atoms with E-state index in [4.69, 9.17) is 9.47 Å². The van der Waals surface area contributed by atoms with Crippen LogP contribution in [0.4, 0.5) is 34.1 Å². The largest absolute Gasteiger partial charge is 0.458 e. The molecule has 4 aliphatic heterocycles. The maximum atomic E-state index is 7.85. The van der Waals surface area contributed by atoms with Crippen LogP contribution in [0.2, 0.25) is 0 Å². The molecule has 13 aromatic rings. The maximum Gasteiger partial charge on any atom is 0.261 e. The zero-order chi connectivity index (χ0) is 68.4. The minimum absolute atomic E-state index is 0.148. The van der Waals surface area contributed by atoms with Gasteiger partial charge in [0.15, 0.2) is 0 Å². The second-order valence-corrected chi connectivity index (χ2v) is 34.7. The van der Waals surface area contributed by atoms with Crippen LogP contribution in [0.25, 0.3) is 55.0 Å². The Morgan fingerprint density at radius 3 is 1.10 bits per heavy atom. The van der Waals surface area contributed by atoms with Crippen molar-refractivity contribution in [3.8, 4) is 34.4 Å². The monoisotopic (exact) mass is 1280 g/mol. The molecule has 486 valence electrons. The van der Waals surface area contributed by atoms with Gasteiger partial charge in [-0.3, -0.25) is 0 Å². The van der Waals surface area contributed by atoms with E-state index in [1.54, 1.807) is 0 Å². The Kier molecular flexibility index (Phi) is 13.2. The van der Waals surface area contributed by atoms with E-state index in [1.165, 1.54) is 99.2 Å². The van der Waals surface area contributed by atoms with Gasteiger partial charge in [0.25, 0.3) is 13.4 Å². The van der Waals surface area contributed by atoms with Gasteiger partial charge in [0.05, 0.1) is 33.4 Å². The van der Waals surface area contributed by atoms with Crippen LogP contribution in [-0.2, 0) is 32.5 Å². The van der Waals surface area contributed by atoms with Crippen LogP contribution in [0.3, 0.4) is 0 Å². The van der Waals surface area contributed by atoms with E-state index in [0.717, 1.165) is 79.1 Å². The molecule has 0 fully saturated rings. The third kappa shape index (κ3) is 9.42. The van der Waals surface area contributed by atoms with Crippen LogP contribution in [0.1, 0.15) is 158 Å². The highest BCUT2D eigenvalue weighted by molar-refractivity contribution is 7.02. The standard InChI is InChI=1S/C90H88B2N4O2/c1-85(2,3)53-40-54(86(4,5)6)42-58(41-53)96-74-45-55(87(7,8)9)43-65(89(13,14)15)81(74)91-67-51-68-77(52-73(67)93(57-30-20-19-21-31-57)75-47-59(48-76(96)83(75)91)94-69-36-26-22-32-61(69)62-33-23-27-37-70(62)94)97-79-49-60(95-71-38-28-24-34-63(71)64-35-25-29-39-72(64)95)50-80-84(79)92(68)82-66(90(16,17)18)44-56(88(10,11)12)46-78(82)98-80/h19-52H,1-18H3. The molecule has 8 heteroatoms. The van der Waals surface area contributed by atoms with Gasteiger partial charge in [-0.1, -0.05) is 240 Å². The van der Waals surface area contributed by atoms with E-state index in [-0.39, 0.29) is 45.9 Å². The summed E-state index contributed by atoms with van der Waals surface area (Å²) in [5.41, 5.74) is 27.4. The van der Waals surface area contributed by atoms with Gasteiger partial charge in [0, 0.05) is 79.3 Å². The highest BCUT2D eigenvalue weighted by Gasteiger charge is 2.51. The number of fused-ring (bicyclic) bond motifs is 14. The fourth-order valence-electron chi connectivity index (χ4n) is 16.7. The average Bonchev–Trinajstić information content (AvgIpc) is 0.845. The minimum atomic E-state index is -0.288. The number of anilines is 6. The minimum Gasteiger partial charge on any atom is -0.458 e. The Bertz CT molecular complexity index is 5410. The molecule has 0 N–H and O–H groups in total. The van der Waals surface area contributed by atoms with E-state index in [0.29, 0.717) is 0 Å². The molecule has 6 heterocycles. The first-order valence-corrected chi connectivity index (χ1v) is 35.5. The van der Waals surface area contributed by atoms with Gasteiger partial charge in [-0.2, -0.15) is 0 Å². The summed E-state index contributed by atoms with van der Waals surface area (Å²) in [5, 5.41) is 4.86. The zero-order valence-electron chi connectivity index (χ0n) is 60.4. The molecule has 98 heavy (non-hydrogen) atoms. The fourth-order valence-corrected chi connectivity index (χ4v) is 16.7. The predicted octanol–water partition coefficient (Wildman–Crippen LogP) is 20.5. The molecular formula is C90H88B2N4O2. The Labute approximate surface area is 580 Å². The predicted molar refractivity (Wildman–Crippen MR) is 419 cm³/mol. The van der Waals surface area contributed by atoms with Crippen molar-refractivity contribution in [2.45, 2.75) is 157 Å². The molecule has 17 rings (SSSR count). The SMILES string of the molecule is CC(C)(C)c1cc(N2c3cc(-n4c5ccccc5c5ccccc54)cc4c3B(c3cc5c(cc3N4c3ccccc3)Oc3cc(-n4c6ccccc6c6ccccc64)cc4c3B5c3c(cc(C(C)(C)C)cc3C(C)(C)C)O4)c3c2cc(C(C)(C)C)cc3C(C)(C)C)cc(C(C)(C)C)c1. The molecule has 0 amide bonds. The topological polar surface area (TPSA) is 34.8 Å². The smallest absolute Gasteiger partial charge is 0.261 e. The first-order chi connectivity index (χ1) is 46.4. The Balaban J connectivity index is 1.03. The summed E-state index contributed by atoms with van der Waals surface area (Å²) >= 11 is 0. The molecule has 0 atom stereocenters. The summed E-state index contributed by atoms with van der Waals surface area (Å²) in [6.45, 7) is 42.3. The molecule has 0 unspecified atom stereocenters. The summed E-state index contributed by atoms with van der Waals surface area (Å²) in [7, 11) is 0. The molecule has 6 nitrogen and oxygen atoms in total. The summed E-state index contributed by atoms with van der Waals surface area (Å²) in [6, 6.07) is 78.9. The summed E-state index contributed by atoms with van der Waals surface area (Å²) < 4.78 is 20.4. The van der Waals surface area contributed by atoms with Crippen LogP contribution in [0, 0.1) is 0 Å². The number of ether oxygens (including phenoxy) is 2. The first-order valence-electron chi connectivity index (χ1n) is 35.5. The van der Waals surface area contributed by atoms with Crippen molar-refractivity contribution in [1.29, 1.82) is 0 Å². The Morgan fingerprint density at radius 1 is 0.255 bits per heavy atom. The summed E-state index contributed by atoms with van der Waals surface area (Å²) in [5.74, 6) is 3.36. The van der Waals surface area contributed by atoms with E-state index >= 15 is 0 Å². The number of hydrogen-bond acceptors (Lipinski definition) is 4. The van der Waals surface area contributed by atoms with Gasteiger partial charge in [-0.15, -0.1) is 0 Å². The van der Waals surface area contributed by atoms with Crippen LogP contribution in [-0.4, -0.2) is 22.6 Å². The normalized spacial score (nSPS) is 14.3. The molecule has 4 aliphatic rings. The van der Waals surface area contributed by atoms with Crippen molar-refractivity contribution < 1.29 is 9.47 Å². The van der Waals surface area contributed by atoms with Gasteiger partial charge in [0.1, 0.15) is 23.0 Å². The number of rotatable bonds is 4. The lowest BCUT2D eigenvalue weighted by Gasteiger charge is -2.47. The molecule has 0 radical (unpaired) electrons. The number of para-hydroxylation sites is 5. The van der Waals surface area contributed by atoms with E-state index < -0.39 is 0 Å². The van der Waals surface area contributed by atoms with Gasteiger partial charge < -0.3 is 28.4 Å². The van der Waals surface area contributed by atoms with E-state index in [9.17, 15) is 0 Å². The van der Waals surface area contributed by atoms with Crippen molar-refractivity contribution in [2.75, 3.05) is 9.80 Å². The van der Waals surface area contributed by atoms with Crippen molar-refractivity contribution in [1.82, 2.24) is 9.13 Å². The Morgan fingerprint density at radius 2 is 0.633 bits per heavy atom. The molecular weight excluding hydrogens is 1190 g/mol. The summed E-state index contributed by atoms with van der Waals surface area (Å²) in [4.78, 5) is 5.30. The van der Waals surface area contributed by atoms with Crippen LogP contribution >= 0.6 is 0 Å². The third-order valence-electron chi connectivity index (χ3n) is 21.8. The molecule has 0 saturated carbocycles. The number of hydrogen-bond donors (Lipinski definition) is 0. The molecule has 11 aromatic carbocycles. The highest BCUT2D eigenvalue weighted by Crippen LogP contribution is 2.52. The third-order valence-corrected chi connectivity index (χ3v) is 21.8. The quantitative estimate of drug-likeness (QED) is 0.165. The van der Waals surface area contributed by atoms with E-state index in [1.807, 2.05) is 0 Å². The van der Waals surface area contributed by atoms with Crippen molar-refractivity contribution >= 4 is 124 Å². The second-order valence-electron chi connectivity index (χ2n) is 34.7. The lowest BCUT2D eigenvalue weighted by Crippen LogP contribution is -2.65. The zero-order valence-corrected chi connectivity index (χ0v) is 60.4. The number of benzene rings is 11. The van der Waals surface area contributed by atoms with Crippen LogP contribution in [0.5, 0.6) is 23.0 Å². The lowest BCUT2D eigenvalue weighted by atomic mass is 9.29. The number of aromatic nitrogens is 2. The van der Waals surface area contributed by atoms with Crippen molar-refractivity contribution in [3.05, 3.63) is 240 Å². The van der Waals surface area contributed by atoms with Crippen LogP contribution in [0.15, 0.2) is 206 Å². The fraction of sp³-hybridized carbons (Fsp3) is 0.267. The van der Waals surface area contributed by atoms with Crippen molar-refractivity contribution in [2.24, 2.45) is 0 Å².